The molecule has 0 spiro atoms. The molecule has 1 aromatic rings. The number of unbranched alkanes of at least 4 members (excludes halogenated alkanes) is 21. The quantitative estimate of drug-likeness (QED) is 0.110. The molecule has 0 aromatic carbocycles. The normalized spacial score (nSPS) is 11.4. The lowest BCUT2D eigenvalue weighted by Crippen LogP contribution is -2.03. The van der Waals surface area contributed by atoms with Gasteiger partial charge in [0.25, 0.3) is 0 Å². The van der Waals surface area contributed by atoms with Crippen molar-refractivity contribution in [2.75, 3.05) is 0 Å². The van der Waals surface area contributed by atoms with E-state index in [1.807, 2.05) is 0 Å². The fourth-order valence-corrected chi connectivity index (χ4v) is 5.47. The van der Waals surface area contributed by atoms with Gasteiger partial charge in [-0.2, -0.15) is 0 Å². The molecule has 0 aliphatic rings. The Kier molecular flexibility index (Phi) is 23.8. The van der Waals surface area contributed by atoms with Gasteiger partial charge in [0.15, 0.2) is 0 Å². The number of hydrogen-bond acceptors (Lipinski definition) is 1. The van der Waals surface area contributed by atoms with Gasteiger partial charge in [-0.05, 0) is 50.2 Å². The molecule has 1 heterocycles. The van der Waals surface area contributed by atoms with Crippen molar-refractivity contribution in [1.82, 2.24) is 4.98 Å². The molecular weight excluding hydrogens is 434 g/mol. The second-order valence-electron chi connectivity index (χ2n) is 11.6. The first-order chi connectivity index (χ1) is 17.8. The largest absolute Gasteiger partial charge is 0.258 e. The Morgan fingerprint density at radius 1 is 0.389 bits per heavy atom. The zero-order chi connectivity index (χ0) is 25.9. The minimum absolute atomic E-state index is 1.18. The molecule has 0 radical (unpaired) electrons. The van der Waals surface area contributed by atoms with Gasteiger partial charge in [-0.3, -0.25) is 4.98 Å². The molecule has 0 aliphatic heterocycles. The van der Waals surface area contributed by atoms with E-state index in [1.54, 1.807) is 5.56 Å². The van der Waals surface area contributed by atoms with Crippen molar-refractivity contribution in [3.8, 4) is 0 Å². The van der Waals surface area contributed by atoms with Crippen LogP contribution in [0.3, 0.4) is 0 Å². The van der Waals surface area contributed by atoms with E-state index in [9.17, 15) is 0 Å². The summed E-state index contributed by atoms with van der Waals surface area (Å²) in [7, 11) is 0. The standard InChI is InChI=1S/C35H65N/c1-4-7-10-13-16-19-22-25-28-33-31-32-34(29-26-23-20-17-14-11-8-5-2)36-35(33)30-27-24-21-18-15-12-9-6-3/h31-32H,4-30H2,1-3H3. The van der Waals surface area contributed by atoms with E-state index in [0.29, 0.717) is 0 Å². The molecule has 1 nitrogen and oxygen atoms in total. The van der Waals surface area contributed by atoms with Crippen molar-refractivity contribution in [3.63, 3.8) is 0 Å². The van der Waals surface area contributed by atoms with Gasteiger partial charge in [0.05, 0.1) is 0 Å². The predicted molar refractivity (Wildman–Crippen MR) is 163 cm³/mol. The van der Waals surface area contributed by atoms with E-state index in [1.165, 1.54) is 185 Å². The molecule has 0 N–H and O–H groups in total. The number of rotatable bonds is 27. The third-order valence-electron chi connectivity index (χ3n) is 7.98. The summed E-state index contributed by atoms with van der Waals surface area (Å²) in [6.07, 6.45) is 37.2. The molecule has 1 heteroatoms. The van der Waals surface area contributed by atoms with Gasteiger partial charge in [-0.25, -0.2) is 0 Å². The van der Waals surface area contributed by atoms with Crippen LogP contribution in [-0.2, 0) is 19.3 Å². The van der Waals surface area contributed by atoms with Crippen LogP contribution >= 0.6 is 0 Å². The summed E-state index contributed by atoms with van der Waals surface area (Å²) in [5.41, 5.74) is 4.36. The Hall–Kier alpha value is -0.850. The average molecular weight is 500 g/mol. The summed E-state index contributed by atoms with van der Waals surface area (Å²) in [6, 6.07) is 4.81. The molecule has 0 amide bonds. The highest BCUT2D eigenvalue weighted by Crippen LogP contribution is 2.19. The predicted octanol–water partition coefficient (Wildman–Crippen LogP) is 12.1. The van der Waals surface area contributed by atoms with E-state index in [2.05, 4.69) is 32.9 Å². The van der Waals surface area contributed by atoms with Gasteiger partial charge in [0.1, 0.15) is 0 Å². The van der Waals surface area contributed by atoms with Crippen LogP contribution in [0.5, 0.6) is 0 Å². The summed E-state index contributed by atoms with van der Waals surface area (Å²) in [5, 5.41) is 0. The second-order valence-corrected chi connectivity index (χ2v) is 11.6. The van der Waals surface area contributed by atoms with E-state index in [0.717, 1.165) is 0 Å². The van der Waals surface area contributed by atoms with E-state index >= 15 is 0 Å². The van der Waals surface area contributed by atoms with Gasteiger partial charge in [-0.1, -0.05) is 162 Å². The van der Waals surface area contributed by atoms with E-state index < -0.39 is 0 Å². The first-order valence-corrected chi connectivity index (χ1v) is 16.8. The third kappa shape index (κ3) is 19.3. The van der Waals surface area contributed by atoms with Gasteiger partial charge in [0, 0.05) is 11.4 Å². The summed E-state index contributed by atoms with van der Waals surface area (Å²) in [6.45, 7) is 6.91. The van der Waals surface area contributed by atoms with Crippen LogP contribution in [0.15, 0.2) is 12.1 Å². The van der Waals surface area contributed by atoms with Crippen molar-refractivity contribution < 1.29 is 0 Å². The first-order valence-electron chi connectivity index (χ1n) is 16.8. The highest BCUT2D eigenvalue weighted by atomic mass is 14.7. The van der Waals surface area contributed by atoms with Crippen LogP contribution < -0.4 is 0 Å². The summed E-state index contributed by atoms with van der Waals surface area (Å²) in [4.78, 5) is 5.24. The zero-order valence-electron chi connectivity index (χ0n) is 25.2. The van der Waals surface area contributed by atoms with Crippen LogP contribution in [0, 0.1) is 0 Å². The molecule has 1 aromatic heterocycles. The minimum atomic E-state index is 1.18. The molecule has 0 saturated heterocycles. The molecule has 0 fully saturated rings. The molecule has 210 valence electrons. The Morgan fingerprint density at radius 3 is 1.19 bits per heavy atom. The molecule has 1 rings (SSSR count). The Labute approximate surface area is 228 Å². The lowest BCUT2D eigenvalue weighted by atomic mass is 9.99. The van der Waals surface area contributed by atoms with Crippen LogP contribution in [0.25, 0.3) is 0 Å². The van der Waals surface area contributed by atoms with Crippen LogP contribution in [0.4, 0.5) is 0 Å². The van der Waals surface area contributed by atoms with Crippen molar-refractivity contribution >= 4 is 0 Å². The summed E-state index contributed by atoms with van der Waals surface area (Å²) in [5.74, 6) is 0. The summed E-state index contributed by atoms with van der Waals surface area (Å²) < 4.78 is 0. The smallest absolute Gasteiger partial charge is 0.0438 e. The number of hydrogen-bond donors (Lipinski definition) is 0. The number of aromatic nitrogens is 1. The van der Waals surface area contributed by atoms with Crippen LogP contribution in [-0.4, -0.2) is 4.98 Å². The van der Waals surface area contributed by atoms with Crippen molar-refractivity contribution in [1.29, 1.82) is 0 Å². The molecular formula is C35H65N. The zero-order valence-corrected chi connectivity index (χ0v) is 25.2. The van der Waals surface area contributed by atoms with Gasteiger partial charge in [0.2, 0.25) is 0 Å². The average Bonchev–Trinajstić information content (AvgIpc) is 2.89. The molecule has 0 bridgehead atoms. The maximum atomic E-state index is 5.24. The maximum absolute atomic E-state index is 5.24. The number of nitrogens with zero attached hydrogens (tertiary/aromatic N) is 1. The van der Waals surface area contributed by atoms with Crippen molar-refractivity contribution in [3.05, 3.63) is 29.1 Å². The Balaban J connectivity index is 2.41. The molecule has 0 saturated carbocycles. The fourth-order valence-electron chi connectivity index (χ4n) is 5.47. The highest BCUT2D eigenvalue weighted by Gasteiger charge is 2.07. The van der Waals surface area contributed by atoms with Gasteiger partial charge >= 0.3 is 0 Å². The highest BCUT2D eigenvalue weighted by molar-refractivity contribution is 5.24. The molecule has 0 unspecified atom stereocenters. The van der Waals surface area contributed by atoms with Crippen molar-refractivity contribution in [2.45, 2.75) is 194 Å². The third-order valence-corrected chi connectivity index (χ3v) is 7.98. The fraction of sp³-hybridized carbons (Fsp3) is 0.857. The van der Waals surface area contributed by atoms with E-state index in [4.69, 9.17) is 4.98 Å². The first kappa shape index (κ1) is 33.2. The monoisotopic (exact) mass is 500 g/mol. The lowest BCUT2D eigenvalue weighted by Gasteiger charge is -2.12. The van der Waals surface area contributed by atoms with Crippen LogP contribution in [0.2, 0.25) is 0 Å². The Morgan fingerprint density at radius 2 is 0.750 bits per heavy atom. The molecule has 0 aliphatic carbocycles. The molecule has 36 heavy (non-hydrogen) atoms. The van der Waals surface area contributed by atoms with Crippen molar-refractivity contribution in [2.24, 2.45) is 0 Å². The van der Waals surface area contributed by atoms with Gasteiger partial charge in [-0.15, -0.1) is 0 Å². The maximum Gasteiger partial charge on any atom is 0.0438 e. The lowest BCUT2D eigenvalue weighted by molar-refractivity contribution is 0.566. The minimum Gasteiger partial charge on any atom is -0.258 e. The van der Waals surface area contributed by atoms with Gasteiger partial charge < -0.3 is 0 Å². The van der Waals surface area contributed by atoms with Crippen LogP contribution in [0.1, 0.15) is 192 Å². The second kappa shape index (κ2) is 25.8. The number of aryl methyl sites for hydroxylation is 3. The number of pyridine rings is 1. The summed E-state index contributed by atoms with van der Waals surface area (Å²) >= 11 is 0. The Bertz CT molecular complexity index is 578. The SMILES string of the molecule is CCCCCCCCCCc1ccc(CCCCCCCCCC)c(CCCCCCCCCC)n1. The topological polar surface area (TPSA) is 12.9 Å². The molecule has 0 atom stereocenters. The van der Waals surface area contributed by atoms with E-state index in [-0.39, 0.29) is 0 Å².